The van der Waals surface area contributed by atoms with Crippen molar-refractivity contribution < 1.29 is 6.22 Å². The van der Waals surface area contributed by atoms with Crippen LogP contribution in [0, 0.1) is 5.41 Å². The Hall–Kier alpha value is -0.650. The predicted molar refractivity (Wildman–Crippen MR) is 112 cm³/mol. The molecule has 3 fully saturated rings. The van der Waals surface area contributed by atoms with Crippen LogP contribution in [0.5, 0.6) is 0 Å². The standard InChI is InChI=1S/C19H36N4O.C2H6.H2/c1-3-18(24)20-17-5-6-19(15-17)7-8-23(16-19)14-13-22-11-9-21(4-2)10-12-22;1-2;/h17H,3-16H2,1-2H3,(H,20,24);1-2H3;1H. The Kier molecular flexibility index (Phi) is 8.85. The van der Waals surface area contributed by atoms with E-state index in [-0.39, 0.29) is 7.33 Å². The number of likely N-dealkylation sites (N-methyl/N-ethyl adjacent to an activating group) is 1. The van der Waals surface area contributed by atoms with Crippen LogP contribution in [0.25, 0.3) is 0 Å². The van der Waals surface area contributed by atoms with E-state index in [9.17, 15) is 4.79 Å². The van der Waals surface area contributed by atoms with Crippen LogP contribution < -0.4 is 5.32 Å². The molecule has 2 unspecified atom stereocenters. The minimum Gasteiger partial charge on any atom is -0.353 e. The molecule has 0 aromatic heterocycles. The molecule has 5 heteroatoms. The first-order chi connectivity index (χ1) is 12.6. The van der Waals surface area contributed by atoms with Gasteiger partial charge in [-0.15, -0.1) is 0 Å². The summed E-state index contributed by atoms with van der Waals surface area (Å²) in [5.74, 6) is 0.220. The van der Waals surface area contributed by atoms with Crippen molar-refractivity contribution in [3.8, 4) is 0 Å². The second-order valence-electron chi connectivity index (χ2n) is 8.16. The quantitative estimate of drug-likeness (QED) is 0.782. The molecule has 3 rings (SSSR count). The molecule has 2 aliphatic heterocycles. The van der Waals surface area contributed by atoms with Crippen molar-refractivity contribution in [3.63, 3.8) is 0 Å². The maximum absolute atomic E-state index is 11.6. The number of hydrogen-bond donors (Lipinski definition) is 1. The fourth-order valence-corrected chi connectivity index (χ4v) is 4.86. The average molecular weight is 369 g/mol. The van der Waals surface area contributed by atoms with Crippen LogP contribution >= 0.6 is 0 Å². The van der Waals surface area contributed by atoms with Crippen molar-refractivity contribution in [2.75, 3.05) is 58.9 Å². The summed E-state index contributed by atoms with van der Waals surface area (Å²) in [6.45, 7) is 19.3. The highest BCUT2D eigenvalue weighted by molar-refractivity contribution is 5.75. The van der Waals surface area contributed by atoms with Crippen molar-refractivity contribution in [1.82, 2.24) is 20.0 Å². The van der Waals surface area contributed by atoms with Crippen molar-refractivity contribution in [3.05, 3.63) is 0 Å². The zero-order valence-corrected chi connectivity index (χ0v) is 17.7. The molecule has 1 spiro atoms. The van der Waals surface area contributed by atoms with Gasteiger partial charge in [0.1, 0.15) is 0 Å². The molecule has 2 heterocycles. The van der Waals surface area contributed by atoms with E-state index in [1.165, 1.54) is 84.6 Å². The number of nitrogens with zero attached hydrogens (tertiary/aromatic N) is 3. The van der Waals surface area contributed by atoms with Gasteiger partial charge in [0, 0.05) is 59.7 Å². The van der Waals surface area contributed by atoms with Crippen molar-refractivity contribution in [2.45, 2.75) is 65.8 Å². The Morgan fingerprint density at radius 2 is 1.65 bits per heavy atom. The maximum atomic E-state index is 11.6. The molecule has 0 radical (unpaired) electrons. The summed E-state index contributed by atoms with van der Waals surface area (Å²) in [5.41, 5.74) is 0.493. The van der Waals surface area contributed by atoms with Crippen LogP contribution in [0.2, 0.25) is 0 Å². The van der Waals surface area contributed by atoms with E-state index in [4.69, 9.17) is 0 Å². The third-order valence-electron chi connectivity index (χ3n) is 6.55. The maximum Gasteiger partial charge on any atom is 0.219 e. The first-order valence-electron chi connectivity index (χ1n) is 11.1. The van der Waals surface area contributed by atoms with Crippen LogP contribution in [0.3, 0.4) is 0 Å². The van der Waals surface area contributed by atoms with E-state index < -0.39 is 0 Å². The number of carbonyl (C=O) groups excluding carboxylic acids is 1. The number of hydrogen-bond acceptors (Lipinski definition) is 4. The normalized spacial score (nSPS) is 30.4. The number of nitrogens with one attached hydrogen (secondary N) is 1. The summed E-state index contributed by atoms with van der Waals surface area (Å²) in [7, 11) is 0. The Labute approximate surface area is 163 Å². The highest BCUT2D eigenvalue weighted by Crippen LogP contribution is 2.45. The molecule has 5 nitrogen and oxygen atoms in total. The summed E-state index contributed by atoms with van der Waals surface area (Å²) in [6.07, 6.45) is 5.62. The largest absolute Gasteiger partial charge is 0.353 e. The smallest absolute Gasteiger partial charge is 0.219 e. The van der Waals surface area contributed by atoms with E-state index in [0.29, 0.717) is 17.9 Å². The molecule has 0 aromatic rings. The minimum atomic E-state index is 0. The lowest BCUT2D eigenvalue weighted by Crippen LogP contribution is -2.48. The first kappa shape index (κ1) is 21.6. The van der Waals surface area contributed by atoms with Gasteiger partial charge in [0.15, 0.2) is 0 Å². The number of piperazine rings is 1. The number of amides is 1. The van der Waals surface area contributed by atoms with Gasteiger partial charge in [-0.2, -0.15) is 0 Å². The minimum absolute atomic E-state index is 0. The lowest BCUT2D eigenvalue weighted by Gasteiger charge is -2.35. The van der Waals surface area contributed by atoms with Gasteiger partial charge >= 0.3 is 0 Å². The molecule has 2 atom stereocenters. The monoisotopic (exact) mass is 368 g/mol. The lowest BCUT2D eigenvalue weighted by atomic mass is 9.85. The molecular formula is C21H44N4O. The molecule has 0 aromatic carbocycles. The zero-order chi connectivity index (χ0) is 19.0. The van der Waals surface area contributed by atoms with Gasteiger partial charge in [-0.05, 0) is 44.2 Å². The lowest BCUT2D eigenvalue weighted by molar-refractivity contribution is -0.121. The van der Waals surface area contributed by atoms with Crippen LogP contribution in [-0.4, -0.2) is 85.6 Å². The molecule has 1 N–H and O–H groups in total. The van der Waals surface area contributed by atoms with Gasteiger partial charge in [0.25, 0.3) is 0 Å². The van der Waals surface area contributed by atoms with Crippen LogP contribution in [0.1, 0.15) is 61.2 Å². The summed E-state index contributed by atoms with van der Waals surface area (Å²) in [5, 5.41) is 3.22. The first-order valence-corrected chi connectivity index (χ1v) is 11.1. The van der Waals surface area contributed by atoms with E-state index in [0.717, 1.165) is 0 Å². The highest BCUT2D eigenvalue weighted by atomic mass is 16.1. The summed E-state index contributed by atoms with van der Waals surface area (Å²) < 4.78 is 0. The highest BCUT2D eigenvalue weighted by Gasteiger charge is 2.44. The van der Waals surface area contributed by atoms with E-state index >= 15 is 0 Å². The molecule has 0 bridgehead atoms. The van der Waals surface area contributed by atoms with Gasteiger partial charge in [-0.1, -0.05) is 27.7 Å². The molecule has 1 aliphatic carbocycles. The Morgan fingerprint density at radius 1 is 1.00 bits per heavy atom. The Bertz CT molecular complexity index is 428. The molecular weight excluding hydrogens is 324 g/mol. The van der Waals surface area contributed by atoms with Gasteiger partial charge in [-0.3, -0.25) is 9.69 Å². The van der Waals surface area contributed by atoms with Crippen molar-refractivity contribution in [2.24, 2.45) is 5.41 Å². The molecule has 26 heavy (non-hydrogen) atoms. The molecule has 1 saturated carbocycles. The number of likely N-dealkylation sites (tertiary alicyclic amines) is 1. The summed E-state index contributed by atoms with van der Waals surface area (Å²) in [6, 6.07) is 0.430. The SMILES string of the molecule is CC.CCC(=O)NC1CCC2(CCN(CCN3CCN(CC)CC3)C2)C1.[HH]. The number of carbonyl (C=O) groups is 1. The Morgan fingerprint density at radius 3 is 2.31 bits per heavy atom. The van der Waals surface area contributed by atoms with Crippen molar-refractivity contribution >= 4 is 5.91 Å². The van der Waals surface area contributed by atoms with Gasteiger partial charge < -0.3 is 15.1 Å². The van der Waals surface area contributed by atoms with Gasteiger partial charge in [0.05, 0.1) is 0 Å². The Balaban J connectivity index is 0.00000118. The third-order valence-corrected chi connectivity index (χ3v) is 6.55. The van der Waals surface area contributed by atoms with Crippen LogP contribution in [-0.2, 0) is 4.79 Å². The number of rotatable bonds is 6. The molecule has 154 valence electrons. The third kappa shape index (κ3) is 5.93. The summed E-state index contributed by atoms with van der Waals surface area (Å²) in [4.78, 5) is 19.5. The van der Waals surface area contributed by atoms with E-state index in [2.05, 4.69) is 26.9 Å². The molecule has 2 saturated heterocycles. The predicted octanol–water partition coefficient (Wildman–Crippen LogP) is 2.67. The van der Waals surface area contributed by atoms with Gasteiger partial charge in [-0.25, -0.2) is 0 Å². The van der Waals surface area contributed by atoms with Gasteiger partial charge in [0.2, 0.25) is 5.91 Å². The fraction of sp³-hybridized carbons (Fsp3) is 0.952. The van der Waals surface area contributed by atoms with Crippen molar-refractivity contribution in [1.29, 1.82) is 0 Å². The molecule has 1 amide bonds. The second-order valence-corrected chi connectivity index (χ2v) is 8.16. The second kappa shape index (κ2) is 10.6. The van der Waals surface area contributed by atoms with E-state index in [1.54, 1.807) is 0 Å². The molecule has 3 aliphatic rings. The zero-order valence-electron chi connectivity index (χ0n) is 17.7. The topological polar surface area (TPSA) is 38.8 Å². The van der Waals surface area contributed by atoms with Crippen LogP contribution in [0.4, 0.5) is 0 Å². The summed E-state index contributed by atoms with van der Waals surface area (Å²) >= 11 is 0. The van der Waals surface area contributed by atoms with Crippen LogP contribution in [0.15, 0.2) is 0 Å². The fourth-order valence-electron chi connectivity index (χ4n) is 4.86. The average Bonchev–Trinajstić information content (AvgIpc) is 3.28. The van der Waals surface area contributed by atoms with E-state index in [1.807, 2.05) is 20.8 Å².